The van der Waals surface area contributed by atoms with E-state index in [0.717, 1.165) is 10.6 Å². The number of fused-ring (bicyclic) bond motifs is 1. The Labute approximate surface area is 165 Å². The fraction of sp³-hybridized carbons (Fsp3) is 0.684. The molecule has 1 aromatic rings. The van der Waals surface area contributed by atoms with E-state index in [1.54, 1.807) is 17.0 Å². The molecule has 154 valence electrons. The van der Waals surface area contributed by atoms with E-state index in [1.807, 2.05) is 13.8 Å². The molecule has 2 amide bonds. The number of carbonyl (C=O) groups excluding carboxylic acids is 2. The summed E-state index contributed by atoms with van der Waals surface area (Å²) in [6.45, 7) is 4.77. The van der Waals surface area contributed by atoms with E-state index in [-0.39, 0.29) is 17.6 Å². The van der Waals surface area contributed by atoms with Crippen molar-refractivity contribution in [1.29, 1.82) is 0 Å². The maximum Gasteiger partial charge on any atom is 0.289 e. The number of amides is 2. The van der Waals surface area contributed by atoms with Gasteiger partial charge in [0.05, 0.1) is 30.8 Å². The summed E-state index contributed by atoms with van der Waals surface area (Å²) >= 11 is 0. The van der Waals surface area contributed by atoms with Gasteiger partial charge in [-0.2, -0.15) is 0 Å². The van der Waals surface area contributed by atoms with Crippen molar-refractivity contribution >= 4 is 21.8 Å². The number of carbonyl (C=O) groups is 2. The van der Waals surface area contributed by atoms with Crippen LogP contribution in [0.5, 0.6) is 0 Å². The molecule has 8 nitrogen and oxygen atoms in total. The first-order valence-electron chi connectivity index (χ1n) is 9.85. The molecule has 9 heteroatoms. The Hall–Kier alpha value is -1.87. The molecule has 0 unspecified atom stereocenters. The summed E-state index contributed by atoms with van der Waals surface area (Å²) in [4.78, 5) is 27.6. The first-order valence-corrected chi connectivity index (χ1v) is 11.7. The van der Waals surface area contributed by atoms with E-state index < -0.39 is 33.9 Å². The molecule has 3 fully saturated rings. The maximum absolute atomic E-state index is 13.1. The summed E-state index contributed by atoms with van der Waals surface area (Å²) in [5.74, 6) is -0.349. The van der Waals surface area contributed by atoms with Crippen LogP contribution >= 0.6 is 0 Å². The zero-order valence-electron chi connectivity index (χ0n) is 16.4. The van der Waals surface area contributed by atoms with Gasteiger partial charge in [0.15, 0.2) is 5.76 Å². The number of sulfonamides is 1. The second kappa shape index (κ2) is 6.88. The van der Waals surface area contributed by atoms with E-state index in [4.69, 9.17) is 4.42 Å². The molecule has 0 aromatic carbocycles. The highest BCUT2D eigenvalue weighted by atomic mass is 32.2. The van der Waals surface area contributed by atoms with Crippen LogP contribution in [0.4, 0.5) is 0 Å². The largest absolute Gasteiger partial charge is 0.455 e. The van der Waals surface area contributed by atoms with E-state index in [1.165, 1.54) is 12.8 Å². The third kappa shape index (κ3) is 3.34. The molecule has 0 bridgehead atoms. The van der Waals surface area contributed by atoms with E-state index >= 15 is 0 Å². The van der Waals surface area contributed by atoms with Crippen LogP contribution in [0.15, 0.2) is 16.5 Å². The minimum atomic E-state index is -3.68. The smallest absolute Gasteiger partial charge is 0.289 e. The van der Waals surface area contributed by atoms with Gasteiger partial charge in [-0.05, 0) is 37.3 Å². The Kier molecular flexibility index (Phi) is 4.78. The molecule has 1 N–H and O–H groups in total. The number of hydrogen-bond donors (Lipinski definition) is 1. The fourth-order valence-corrected chi connectivity index (χ4v) is 5.70. The zero-order valence-corrected chi connectivity index (χ0v) is 17.2. The number of furan rings is 1. The summed E-state index contributed by atoms with van der Waals surface area (Å²) in [7, 11) is -3.68. The quantitative estimate of drug-likeness (QED) is 0.758. The second-order valence-electron chi connectivity index (χ2n) is 8.43. The van der Waals surface area contributed by atoms with Gasteiger partial charge in [0.2, 0.25) is 15.9 Å². The molecule has 1 aromatic heterocycles. The first-order chi connectivity index (χ1) is 13.2. The molecule has 3 aliphatic rings. The van der Waals surface area contributed by atoms with Crippen molar-refractivity contribution in [2.24, 2.45) is 11.8 Å². The van der Waals surface area contributed by atoms with Gasteiger partial charge in [-0.3, -0.25) is 9.59 Å². The molecule has 0 radical (unpaired) electrons. The Balaban J connectivity index is 1.56. The average Bonchev–Trinajstić information content (AvgIpc) is 3.02. The summed E-state index contributed by atoms with van der Waals surface area (Å²) in [6.07, 6.45) is 3.85. The van der Waals surface area contributed by atoms with Gasteiger partial charge >= 0.3 is 0 Å². The molecule has 3 heterocycles. The van der Waals surface area contributed by atoms with Crippen LogP contribution in [-0.2, 0) is 21.4 Å². The minimum absolute atomic E-state index is 0.0740. The molecule has 1 saturated carbocycles. The normalized spacial score (nSPS) is 27.7. The van der Waals surface area contributed by atoms with E-state index in [2.05, 4.69) is 5.32 Å². The van der Waals surface area contributed by atoms with E-state index in [9.17, 15) is 18.0 Å². The van der Waals surface area contributed by atoms with Crippen molar-refractivity contribution in [3.05, 3.63) is 23.7 Å². The lowest BCUT2D eigenvalue weighted by molar-refractivity contribution is -0.129. The fourth-order valence-electron chi connectivity index (χ4n) is 4.53. The van der Waals surface area contributed by atoms with Crippen LogP contribution < -0.4 is 5.32 Å². The number of nitrogens with zero attached hydrogens (tertiary/aromatic N) is 2. The molecule has 0 spiro atoms. The van der Waals surface area contributed by atoms with Crippen molar-refractivity contribution in [1.82, 2.24) is 14.5 Å². The Morgan fingerprint density at radius 2 is 2.00 bits per heavy atom. The topological polar surface area (TPSA) is 99.9 Å². The highest BCUT2D eigenvalue weighted by Crippen LogP contribution is 2.41. The van der Waals surface area contributed by atoms with Gasteiger partial charge in [0.1, 0.15) is 5.76 Å². The highest BCUT2D eigenvalue weighted by Gasteiger charge is 2.58. The highest BCUT2D eigenvalue weighted by molar-refractivity contribution is 7.88. The lowest BCUT2D eigenvalue weighted by atomic mass is 9.88. The number of nitrogens with one attached hydrogen (secondary N) is 1. The van der Waals surface area contributed by atoms with Crippen LogP contribution in [0.3, 0.4) is 0 Å². The Morgan fingerprint density at radius 3 is 2.61 bits per heavy atom. The lowest BCUT2D eigenvalue weighted by Gasteiger charge is -2.28. The van der Waals surface area contributed by atoms with Gasteiger partial charge in [-0.25, -0.2) is 12.7 Å². The van der Waals surface area contributed by atoms with Crippen molar-refractivity contribution < 1.29 is 22.4 Å². The average molecular weight is 410 g/mol. The molecular formula is C19H27N3O5S. The zero-order chi connectivity index (χ0) is 20.2. The lowest BCUT2D eigenvalue weighted by Crippen LogP contribution is -2.44. The second-order valence-corrected chi connectivity index (χ2v) is 10.3. The van der Waals surface area contributed by atoms with Crippen LogP contribution in [0, 0.1) is 11.8 Å². The van der Waals surface area contributed by atoms with Crippen molar-refractivity contribution in [2.75, 3.05) is 12.8 Å². The van der Waals surface area contributed by atoms with Crippen molar-refractivity contribution in [3.63, 3.8) is 0 Å². The number of hydrogen-bond acceptors (Lipinski definition) is 6. The molecule has 4 rings (SSSR count). The van der Waals surface area contributed by atoms with Gasteiger partial charge in [0.25, 0.3) is 5.91 Å². The summed E-state index contributed by atoms with van der Waals surface area (Å²) in [5, 5.41) is 3.35. The monoisotopic (exact) mass is 409 g/mol. The molecule has 3 atom stereocenters. The maximum atomic E-state index is 13.1. The summed E-state index contributed by atoms with van der Waals surface area (Å²) < 4.78 is 31.2. The minimum Gasteiger partial charge on any atom is -0.455 e. The van der Waals surface area contributed by atoms with Crippen LogP contribution in [0.2, 0.25) is 0 Å². The third-order valence-corrected chi connectivity index (χ3v) is 7.11. The molecule has 28 heavy (non-hydrogen) atoms. The third-order valence-electron chi connectivity index (χ3n) is 5.94. The van der Waals surface area contributed by atoms with Crippen LogP contribution in [0.25, 0.3) is 0 Å². The predicted octanol–water partition coefficient (Wildman–Crippen LogP) is 1.19. The predicted molar refractivity (Wildman–Crippen MR) is 102 cm³/mol. The molecular weight excluding hydrogens is 382 g/mol. The van der Waals surface area contributed by atoms with Crippen molar-refractivity contribution in [3.8, 4) is 0 Å². The van der Waals surface area contributed by atoms with Crippen LogP contribution in [-0.4, -0.2) is 60.4 Å². The number of rotatable bonds is 6. The Morgan fingerprint density at radius 1 is 1.29 bits per heavy atom. The summed E-state index contributed by atoms with van der Waals surface area (Å²) in [6, 6.07) is 3.05. The van der Waals surface area contributed by atoms with Crippen LogP contribution in [0.1, 0.15) is 49.4 Å². The van der Waals surface area contributed by atoms with E-state index in [0.29, 0.717) is 31.3 Å². The Bertz CT molecular complexity index is 889. The molecule has 2 saturated heterocycles. The molecule has 1 aliphatic carbocycles. The number of likely N-dealkylation sites (tertiary alicyclic amines) is 1. The van der Waals surface area contributed by atoms with Gasteiger partial charge in [-0.15, -0.1) is 0 Å². The molecule has 2 aliphatic heterocycles. The summed E-state index contributed by atoms with van der Waals surface area (Å²) in [5.41, 5.74) is 0. The standard InChI is InChI=1S/C19H27N3O5S/c1-11(2)16-17-14(22(19(16)24)28(3,25)26)8-9-21(17)18(23)15-7-6-13(27-15)10-20-12-4-5-12/h6-7,11-12,14,16-17,20H,4-5,8-10H2,1-3H3/t14-,16+,17-/m0/s1. The SMILES string of the molecule is CC(C)[C@H]1C(=O)N(S(C)(=O)=O)[C@H]2CCN(C(=O)c3ccc(CNC4CC4)o3)[C@H]12. The van der Waals surface area contributed by atoms with Gasteiger partial charge in [-0.1, -0.05) is 13.8 Å². The van der Waals surface area contributed by atoms with Gasteiger partial charge < -0.3 is 14.6 Å². The first kappa shape index (κ1) is 19.4. The van der Waals surface area contributed by atoms with Gasteiger partial charge in [0, 0.05) is 12.6 Å². The van der Waals surface area contributed by atoms with Crippen molar-refractivity contribution in [2.45, 2.75) is 57.8 Å².